The number of carboxylic acids is 1. The van der Waals surface area contributed by atoms with Crippen LogP contribution in [0.1, 0.15) is 38.5 Å². The minimum atomic E-state index is -1.33. The van der Waals surface area contributed by atoms with E-state index in [9.17, 15) is 28.8 Å². The monoisotopic (exact) mass is 487 g/mol. The number of aliphatic carboxylic acids is 1. The molecule has 0 aliphatic rings. The number of rotatable bonds is 17. The van der Waals surface area contributed by atoms with Gasteiger partial charge in [0.05, 0.1) is 6.04 Å². The molecule has 0 saturated carbocycles. The highest BCUT2D eigenvalue weighted by molar-refractivity contribution is 5.94. The van der Waals surface area contributed by atoms with Gasteiger partial charge in [0.25, 0.3) is 0 Å². The first kappa shape index (κ1) is 30.1. The van der Waals surface area contributed by atoms with Gasteiger partial charge in [0.1, 0.15) is 18.6 Å². The van der Waals surface area contributed by atoms with Crippen LogP contribution >= 0.6 is 0 Å². The predicted octanol–water partition coefficient (Wildman–Crippen LogP) is -4.93. The number of carboxylic acid groups (broad SMARTS) is 1. The predicted molar refractivity (Wildman–Crippen MR) is 119 cm³/mol. The van der Waals surface area contributed by atoms with Crippen molar-refractivity contribution in [1.29, 1.82) is 0 Å². The molecule has 192 valence electrons. The third-order valence-electron chi connectivity index (χ3n) is 4.34. The Labute approximate surface area is 195 Å². The smallest absolute Gasteiger partial charge is 0.322 e. The summed E-state index contributed by atoms with van der Waals surface area (Å²) in [6.45, 7) is -0.486. The molecule has 16 heteroatoms. The van der Waals surface area contributed by atoms with Crippen LogP contribution in [0.3, 0.4) is 0 Å². The maximum atomic E-state index is 12.8. The Balaban J connectivity index is 5.28. The van der Waals surface area contributed by atoms with E-state index in [0.717, 1.165) is 0 Å². The molecule has 14 N–H and O–H groups in total. The van der Waals surface area contributed by atoms with Gasteiger partial charge in [-0.2, -0.15) is 0 Å². The summed E-state index contributed by atoms with van der Waals surface area (Å²) in [6, 6.07) is -3.66. The van der Waals surface area contributed by atoms with E-state index >= 15 is 0 Å². The van der Waals surface area contributed by atoms with Crippen LogP contribution in [0.2, 0.25) is 0 Å². The van der Waals surface area contributed by atoms with Crippen molar-refractivity contribution >= 4 is 41.5 Å². The summed E-state index contributed by atoms with van der Waals surface area (Å²) < 4.78 is 0. The molecule has 16 nitrogen and oxygen atoms in total. The Hall–Kier alpha value is -3.95. The van der Waals surface area contributed by atoms with Crippen LogP contribution in [0.15, 0.2) is 4.99 Å². The van der Waals surface area contributed by atoms with E-state index in [1.807, 2.05) is 0 Å². The van der Waals surface area contributed by atoms with Crippen LogP contribution < -0.4 is 44.6 Å². The number of guanidine groups is 1. The van der Waals surface area contributed by atoms with Crippen molar-refractivity contribution in [3.8, 4) is 0 Å². The Bertz CT molecular complexity index is 784. The molecule has 0 bridgehead atoms. The highest BCUT2D eigenvalue weighted by Gasteiger charge is 2.28. The number of amides is 5. The lowest BCUT2D eigenvalue weighted by Crippen LogP contribution is -2.56. The topological polar surface area (TPSA) is 301 Å². The normalized spacial score (nSPS) is 13.0. The lowest BCUT2D eigenvalue weighted by Gasteiger charge is -2.23. The molecular weight excluding hydrogens is 454 g/mol. The van der Waals surface area contributed by atoms with E-state index < -0.39 is 60.2 Å². The van der Waals surface area contributed by atoms with Gasteiger partial charge < -0.3 is 49.7 Å². The van der Waals surface area contributed by atoms with Crippen molar-refractivity contribution in [2.24, 2.45) is 33.7 Å². The van der Waals surface area contributed by atoms with Gasteiger partial charge in [0, 0.05) is 19.4 Å². The van der Waals surface area contributed by atoms with Gasteiger partial charge >= 0.3 is 5.97 Å². The van der Waals surface area contributed by atoms with Crippen molar-refractivity contribution in [1.82, 2.24) is 16.0 Å². The minimum Gasteiger partial charge on any atom is -0.480 e. The Morgan fingerprint density at radius 3 is 1.74 bits per heavy atom. The molecule has 0 aromatic rings. The number of carbonyl (C=O) groups is 6. The molecule has 0 aliphatic heterocycles. The van der Waals surface area contributed by atoms with Gasteiger partial charge in [0.2, 0.25) is 29.5 Å². The fraction of sp³-hybridized carbons (Fsp3) is 0.611. The number of hydrogen-bond donors (Lipinski definition) is 9. The molecule has 34 heavy (non-hydrogen) atoms. The molecule has 3 atom stereocenters. The van der Waals surface area contributed by atoms with Gasteiger partial charge in [-0.3, -0.25) is 33.8 Å². The second-order valence-electron chi connectivity index (χ2n) is 7.30. The van der Waals surface area contributed by atoms with Crippen molar-refractivity contribution in [2.45, 2.75) is 56.7 Å². The first-order chi connectivity index (χ1) is 15.8. The Morgan fingerprint density at radius 1 is 0.765 bits per heavy atom. The van der Waals surface area contributed by atoms with Gasteiger partial charge in [-0.25, -0.2) is 0 Å². The number of aliphatic imine (C=N–C) groups is 1. The van der Waals surface area contributed by atoms with Crippen LogP contribution in [-0.2, 0) is 28.8 Å². The average Bonchev–Trinajstić information content (AvgIpc) is 2.74. The highest BCUT2D eigenvalue weighted by Crippen LogP contribution is 2.04. The summed E-state index contributed by atoms with van der Waals surface area (Å²) in [5.74, 6) is -5.39. The molecule has 0 radical (unpaired) electrons. The second-order valence-corrected chi connectivity index (χ2v) is 7.30. The standard InChI is InChI=1S/C18H33N9O7/c19-9(2-1-7-24-18(22)23)15(32)26-11(4-6-13(21)29)17(34)27-10(3-5-12(20)28)16(33)25-8-14(30)31/h9-11H,1-8,19H2,(H2,20,28)(H2,21,29)(H,25,33)(H,26,32)(H,27,34)(H,30,31)(H4,22,23,24). The molecule has 0 aromatic heterocycles. The lowest BCUT2D eigenvalue weighted by atomic mass is 10.1. The molecule has 0 spiro atoms. The van der Waals surface area contributed by atoms with Crippen molar-refractivity contribution < 1.29 is 33.9 Å². The average molecular weight is 488 g/mol. The summed E-state index contributed by atoms with van der Waals surface area (Å²) in [6.07, 6.45) is -0.422. The number of carbonyl (C=O) groups excluding carboxylic acids is 5. The molecule has 0 fully saturated rings. The molecule has 0 saturated heterocycles. The number of nitrogens with zero attached hydrogens (tertiary/aromatic N) is 1. The summed E-state index contributed by atoms with van der Waals surface area (Å²) in [5.41, 5.74) is 26.4. The third-order valence-corrected chi connectivity index (χ3v) is 4.34. The first-order valence-electron chi connectivity index (χ1n) is 10.3. The van der Waals surface area contributed by atoms with Gasteiger partial charge in [-0.15, -0.1) is 0 Å². The first-order valence-corrected chi connectivity index (χ1v) is 10.3. The fourth-order valence-electron chi connectivity index (χ4n) is 2.60. The molecule has 0 aromatic carbocycles. The van der Waals surface area contributed by atoms with Crippen LogP contribution in [0.5, 0.6) is 0 Å². The zero-order valence-corrected chi connectivity index (χ0v) is 18.6. The van der Waals surface area contributed by atoms with Crippen LogP contribution in [0.4, 0.5) is 0 Å². The van der Waals surface area contributed by atoms with E-state index in [1.54, 1.807) is 0 Å². The highest BCUT2D eigenvalue weighted by atomic mass is 16.4. The summed E-state index contributed by atoms with van der Waals surface area (Å²) in [5, 5.41) is 15.5. The van der Waals surface area contributed by atoms with Crippen LogP contribution in [-0.4, -0.2) is 77.8 Å². The zero-order chi connectivity index (χ0) is 26.3. The van der Waals surface area contributed by atoms with E-state index in [4.69, 9.17) is 33.8 Å². The van der Waals surface area contributed by atoms with Crippen molar-refractivity contribution in [3.63, 3.8) is 0 Å². The van der Waals surface area contributed by atoms with Gasteiger partial charge in [0.15, 0.2) is 5.96 Å². The Morgan fingerprint density at radius 2 is 1.26 bits per heavy atom. The third kappa shape index (κ3) is 14.2. The molecule has 3 unspecified atom stereocenters. The minimum absolute atomic E-state index is 0.112. The molecule has 0 aliphatic carbocycles. The van der Waals surface area contributed by atoms with E-state index in [2.05, 4.69) is 20.9 Å². The maximum absolute atomic E-state index is 12.8. The van der Waals surface area contributed by atoms with Crippen molar-refractivity contribution in [3.05, 3.63) is 0 Å². The number of primary amides is 2. The fourth-order valence-corrected chi connectivity index (χ4v) is 2.60. The summed E-state index contributed by atoms with van der Waals surface area (Å²) in [4.78, 5) is 74.2. The second kappa shape index (κ2) is 15.8. The summed E-state index contributed by atoms with van der Waals surface area (Å²) in [7, 11) is 0. The van der Waals surface area contributed by atoms with Crippen LogP contribution in [0, 0.1) is 0 Å². The summed E-state index contributed by atoms with van der Waals surface area (Å²) >= 11 is 0. The zero-order valence-electron chi connectivity index (χ0n) is 18.6. The quantitative estimate of drug-likeness (QED) is 0.0534. The maximum Gasteiger partial charge on any atom is 0.322 e. The van der Waals surface area contributed by atoms with Crippen molar-refractivity contribution in [2.75, 3.05) is 13.1 Å². The SMILES string of the molecule is NC(=O)CCC(NC(=O)C(N)CCCN=C(N)N)C(=O)NC(CCC(N)=O)C(=O)NCC(=O)O. The number of hydrogen-bond acceptors (Lipinski definition) is 8. The number of nitrogens with two attached hydrogens (primary N) is 5. The molecule has 5 amide bonds. The Kier molecular flexibility index (Phi) is 14.0. The largest absolute Gasteiger partial charge is 0.480 e. The lowest BCUT2D eigenvalue weighted by molar-refractivity contribution is -0.138. The van der Waals surface area contributed by atoms with Crippen LogP contribution in [0.25, 0.3) is 0 Å². The van der Waals surface area contributed by atoms with Gasteiger partial charge in [-0.1, -0.05) is 0 Å². The van der Waals surface area contributed by atoms with Gasteiger partial charge in [-0.05, 0) is 25.7 Å². The van der Waals surface area contributed by atoms with E-state index in [-0.39, 0.29) is 44.6 Å². The van der Waals surface area contributed by atoms with E-state index in [1.165, 1.54) is 0 Å². The van der Waals surface area contributed by atoms with E-state index in [0.29, 0.717) is 6.42 Å². The molecule has 0 heterocycles. The molecule has 0 rings (SSSR count). The molecular formula is C18H33N9O7. The number of nitrogens with one attached hydrogen (secondary N) is 3.